The Kier molecular flexibility index (Phi) is 6.80. The lowest BCUT2D eigenvalue weighted by Crippen LogP contribution is -2.41. The van der Waals surface area contributed by atoms with Gasteiger partial charge in [-0.1, -0.05) is 44.2 Å². The Labute approximate surface area is 125 Å². The van der Waals surface area contributed by atoms with Crippen LogP contribution in [0.25, 0.3) is 0 Å². The van der Waals surface area contributed by atoms with Crippen LogP contribution in [0, 0.1) is 5.92 Å². The molecule has 0 fully saturated rings. The van der Waals surface area contributed by atoms with E-state index in [-0.39, 0.29) is 18.8 Å². The Bertz CT molecular complexity index is 543. The Balaban J connectivity index is 2.85. The number of hydrogen-bond acceptors (Lipinski definition) is 4. The highest BCUT2D eigenvalue weighted by molar-refractivity contribution is 7.88. The Morgan fingerprint density at radius 1 is 1.29 bits per heavy atom. The fraction of sp³-hybridized carbons (Fsp3) is 0.500. The van der Waals surface area contributed by atoms with Gasteiger partial charge in [0.15, 0.2) is 0 Å². The van der Waals surface area contributed by atoms with Crippen LogP contribution >= 0.6 is 0 Å². The number of amides is 1. The van der Waals surface area contributed by atoms with E-state index < -0.39 is 15.9 Å². The zero-order valence-corrected chi connectivity index (χ0v) is 13.1. The zero-order valence-electron chi connectivity index (χ0n) is 12.3. The summed E-state index contributed by atoms with van der Waals surface area (Å²) in [5.74, 6) is -0.586. The maximum atomic E-state index is 12.4. The van der Waals surface area contributed by atoms with Crippen molar-refractivity contribution in [3.05, 3.63) is 35.9 Å². The van der Waals surface area contributed by atoms with Crippen molar-refractivity contribution in [1.82, 2.24) is 9.79 Å². The first-order chi connectivity index (χ1) is 9.85. The van der Waals surface area contributed by atoms with Crippen LogP contribution in [-0.2, 0) is 20.6 Å². The average Bonchev–Trinajstić information content (AvgIpc) is 2.43. The van der Waals surface area contributed by atoms with Gasteiger partial charge in [0.2, 0.25) is 10.0 Å². The van der Waals surface area contributed by atoms with Gasteiger partial charge in [-0.05, 0) is 17.9 Å². The molecule has 2 N–H and O–H groups in total. The predicted octanol–water partition coefficient (Wildman–Crippen LogP) is 1.37. The van der Waals surface area contributed by atoms with Gasteiger partial charge in [0.25, 0.3) is 5.91 Å². The number of hydrogen-bond donors (Lipinski definition) is 2. The van der Waals surface area contributed by atoms with E-state index in [2.05, 4.69) is 0 Å². The molecule has 0 aliphatic heterocycles. The number of sulfonamides is 1. The van der Waals surface area contributed by atoms with Gasteiger partial charge in [-0.25, -0.2) is 13.9 Å². The van der Waals surface area contributed by atoms with Crippen molar-refractivity contribution in [3.63, 3.8) is 0 Å². The minimum absolute atomic E-state index is 0.162. The summed E-state index contributed by atoms with van der Waals surface area (Å²) >= 11 is 0. The normalized spacial score (nSPS) is 11.9. The predicted molar refractivity (Wildman–Crippen MR) is 80.0 cm³/mol. The summed E-state index contributed by atoms with van der Waals surface area (Å²) in [5, 5.41) is 8.60. The molecular weight excluding hydrogens is 292 g/mol. The highest BCUT2D eigenvalue weighted by atomic mass is 32.2. The first-order valence-electron chi connectivity index (χ1n) is 6.80. The van der Waals surface area contributed by atoms with E-state index in [9.17, 15) is 13.2 Å². The number of nitrogens with one attached hydrogen (secondary N) is 1. The quantitative estimate of drug-likeness (QED) is 0.560. The molecule has 0 saturated heterocycles. The molecule has 0 unspecified atom stereocenters. The lowest BCUT2D eigenvalue weighted by molar-refractivity contribution is -0.129. The summed E-state index contributed by atoms with van der Waals surface area (Å²) in [7, 11) is -3.61. The number of benzene rings is 1. The summed E-state index contributed by atoms with van der Waals surface area (Å²) in [6, 6.07) is 8.80. The van der Waals surface area contributed by atoms with Gasteiger partial charge in [0, 0.05) is 6.54 Å². The second-order valence-corrected chi connectivity index (χ2v) is 7.26. The van der Waals surface area contributed by atoms with E-state index in [1.54, 1.807) is 24.3 Å². The summed E-state index contributed by atoms with van der Waals surface area (Å²) in [5.41, 5.74) is 2.14. The topological polar surface area (TPSA) is 86.7 Å². The highest BCUT2D eigenvalue weighted by Gasteiger charge is 2.24. The third-order valence-corrected chi connectivity index (χ3v) is 4.78. The van der Waals surface area contributed by atoms with E-state index in [1.165, 1.54) is 5.48 Å². The zero-order chi connectivity index (χ0) is 15.9. The van der Waals surface area contributed by atoms with Crippen LogP contribution in [0.1, 0.15) is 25.8 Å². The van der Waals surface area contributed by atoms with Gasteiger partial charge in [0.05, 0.1) is 12.3 Å². The number of nitrogens with zero attached hydrogens (tertiary/aromatic N) is 1. The molecule has 0 bridgehead atoms. The summed E-state index contributed by atoms with van der Waals surface area (Å²) in [4.78, 5) is 11.3. The van der Waals surface area contributed by atoms with Crippen LogP contribution in [0.5, 0.6) is 0 Å². The summed E-state index contributed by atoms with van der Waals surface area (Å²) in [6.45, 7) is 3.83. The van der Waals surface area contributed by atoms with Crippen molar-refractivity contribution in [2.75, 3.05) is 13.1 Å². The Morgan fingerprint density at radius 3 is 2.43 bits per heavy atom. The first-order valence-corrected chi connectivity index (χ1v) is 8.40. The smallest absolute Gasteiger partial charge is 0.258 e. The lowest BCUT2D eigenvalue weighted by Gasteiger charge is -2.22. The van der Waals surface area contributed by atoms with Gasteiger partial charge in [0.1, 0.15) is 0 Å². The molecule has 0 aliphatic carbocycles. The monoisotopic (exact) mass is 314 g/mol. The average molecular weight is 314 g/mol. The van der Waals surface area contributed by atoms with Gasteiger partial charge in [-0.15, -0.1) is 0 Å². The van der Waals surface area contributed by atoms with Gasteiger partial charge < -0.3 is 0 Å². The molecule has 21 heavy (non-hydrogen) atoms. The molecule has 0 heterocycles. The van der Waals surface area contributed by atoms with Crippen molar-refractivity contribution in [3.8, 4) is 0 Å². The fourth-order valence-corrected chi connectivity index (χ4v) is 3.28. The molecule has 0 radical (unpaired) electrons. The number of rotatable bonds is 8. The van der Waals surface area contributed by atoms with Crippen LogP contribution in [-0.4, -0.2) is 36.9 Å². The molecule has 0 saturated carbocycles. The Hall–Kier alpha value is -1.44. The molecule has 7 heteroatoms. The molecule has 1 amide bonds. The lowest BCUT2D eigenvalue weighted by atomic mass is 10.1. The van der Waals surface area contributed by atoms with E-state index in [0.29, 0.717) is 17.9 Å². The molecule has 0 atom stereocenters. The first kappa shape index (κ1) is 17.6. The van der Waals surface area contributed by atoms with E-state index in [0.717, 1.165) is 4.31 Å². The molecular formula is C14H22N2O4S. The van der Waals surface area contributed by atoms with Gasteiger partial charge >= 0.3 is 0 Å². The molecule has 1 rings (SSSR count). The van der Waals surface area contributed by atoms with Gasteiger partial charge in [-0.3, -0.25) is 10.0 Å². The third kappa shape index (κ3) is 6.24. The van der Waals surface area contributed by atoms with Crippen molar-refractivity contribution in [2.45, 2.75) is 26.0 Å². The van der Waals surface area contributed by atoms with E-state index >= 15 is 0 Å². The standard InChI is InChI=1S/C14H22N2O4S/c1-12(2)8-9-16(10-14(17)15-18)21(19,20)11-13-6-4-3-5-7-13/h3-7,12,18H,8-11H2,1-2H3,(H,15,17). The van der Waals surface area contributed by atoms with E-state index in [4.69, 9.17) is 5.21 Å². The second kappa shape index (κ2) is 8.11. The maximum Gasteiger partial charge on any atom is 0.258 e. The molecule has 0 aliphatic rings. The largest absolute Gasteiger partial charge is 0.289 e. The summed E-state index contributed by atoms with van der Waals surface area (Å²) in [6.07, 6.45) is 0.646. The molecule has 1 aromatic rings. The van der Waals surface area contributed by atoms with Crippen LogP contribution in [0.4, 0.5) is 0 Å². The maximum absolute atomic E-state index is 12.4. The van der Waals surface area contributed by atoms with Crippen molar-refractivity contribution in [2.24, 2.45) is 5.92 Å². The number of carbonyl (C=O) groups is 1. The van der Waals surface area contributed by atoms with Crippen LogP contribution in [0.3, 0.4) is 0 Å². The highest BCUT2D eigenvalue weighted by Crippen LogP contribution is 2.13. The van der Waals surface area contributed by atoms with Crippen LogP contribution in [0.15, 0.2) is 30.3 Å². The summed E-state index contributed by atoms with van der Waals surface area (Å²) < 4.78 is 26.0. The van der Waals surface area contributed by atoms with Crippen LogP contribution in [0.2, 0.25) is 0 Å². The van der Waals surface area contributed by atoms with Crippen LogP contribution < -0.4 is 5.48 Å². The molecule has 0 aromatic heterocycles. The third-order valence-electron chi connectivity index (χ3n) is 2.99. The van der Waals surface area contributed by atoms with Crippen molar-refractivity contribution in [1.29, 1.82) is 0 Å². The minimum atomic E-state index is -3.61. The second-order valence-electron chi connectivity index (χ2n) is 5.29. The molecule has 6 nitrogen and oxygen atoms in total. The SMILES string of the molecule is CC(C)CCN(CC(=O)NO)S(=O)(=O)Cc1ccccc1. The van der Waals surface area contributed by atoms with Crippen molar-refractivity contribution < 1.29 is 18.4 Å². The number of carbonyl (C=O) groups excluding carboxylic acids is 1. The minimum Gasteiger partial charge on any atom is -0.289 e. The van der Waals surface area contributed by atoms with E-state index in [1.807, 2.05) is 19.9 Å². The number of hydroxylamine groups is 1. The Morgan fingerprint density at radius 2 is 1.90 bits per heavy atom. The van der Waals surface area contributed by atoms with Gasteiger partial charge in [-0.2, -0.15) is 4.31 Å². The van der Waals surface area contributed by atoms with Crippen molar-refractivity contribution >= 4 is 15.9 Å². The molecule has 118 valence electrons. The molecule has 0 spiro atoms. The molecule has 1 aromatic carbocycles. The fourth-order valence-electron chi connectivity index (χ4n) is 1.79.